The van der Waals surface area contributed by atoms with E-state index in [1.54, 1.807) is 36.3 Å². The van der Waals surface area contributed by atoms with Crippen LogP contribution in [0.5, 0.6) is 0 Å². The molecule has 0 spiro atoms. The number of aryl methyl sites for hydroxylation is 1. The second-order valence-corrected chi connectivity index (χ2v) is 9.61. The molecule has 0 bridgehead atoms. The minimum atomic E-state index is -0.689. The molecular weight excluding hydrogens is 520 g/mol. The predicted molar refractivity (Wildman–Crippen MR) is 153 cm³/mol. The van der Waals surface area contributed by atoms with Crippen LogP contribution in [0.2, 0.25) is 0 Å². The van der Waals surface area contributed by atoms with Crippen LogP contribution in [-0.4, -0.2) is 59.1 Å². The Morgan fingerprint density at radius 2 is 2.00 bits per heavy atom. The smallest absolute Gasteiger partial charge is 0.259 e. The molecule has 0 saturated carbocycles. The maximum absolute atomic E-state index is 14.1. The van der Waals surface area contributed by atoms with Gasteiger partial charge in [0.15, 0.2) is 11.5 Å². The van der Waals surface area contributed by atoms with E-state index < -0.39 is 23.9 Å². The number of fused-ring (bicyclic) bond motifs is 2. The number of allylic oxidation sites excluding steroid dienone is 2. The second-order valence-electron chi connectivity index (χ2n) is 9.61. The summed E-state index contributed by atoms with van der Waals surface area (Å²) in [7, 11) is 1.82. The van der Waals surface area contributed by atoms with Crippen molar-refractivity contribution >= 4 is 34.8 Å². The van der Waals surface area contributed by atoms with Gasteiger partial charge in [-0.1, -0.05) is 42.2 Å². The average Bonchev–Trinajstić information content (AvgIpc) is 3.55. The molecule has 3 atom stereocenters. The van der Waals surface area contributed by atoms with Gasteiger partial charge >= 0.3 is 0 Å². The monoisotopic (exact) mass is 546 g/mol. The number of hydrazine groups is 1. The van der Waals surface area contributed by atoms with Gasteiger partial charge in [0, 0.05) is 31.2 Å². The third-order valence-electron chi connectivity index (χ3n) is 6.71. The predicted octanol–water partition coefficient (Wildman–Crippen LogP) is 1.96. The zero-order chi connectivity index (χ0) is 28.5. The van der Waals surface area contributed by atoms with Crippen molar-refractivity contribution in [1.82, 2.24) is 34.7 Å². The van der Waals surface area contributed by atoms with Crippen LogP contribution in [0.25, 0.3) is 5.65 Å². The highest BCUT2D eigenvalue weighted by Crippen LogP contribution is 2.30. The van der Waals surface area contributed by atoms with Crippen LogP contribution in [0.4, 0.5) is 11.5 Å². The Morgan fingerprint density at radius 3 is 2.78 bits per heavy atom. The summed E-state index contributed by atoms with van der Waals surface area (Å²) >= 11 is 0. The fraction of sp³-hybridized carbons (Fsp3) is 0.172. The molecule has 6 rings (SSSR count). The lowest BCUT2D eigenvalue weighted by atomic mass is 9.85. The van der Waals surface area contributed by atoms with Crippen molar-refractivity contribution in [2.45, 2.75) is 19.0 Å². The van der Waals surface area contributed by atoms with E-state index in [2.05, 4.69) is 37.8 Å². The van der Waals surface area contributed by atoms with E-state index in [9.17, 15) is 9.59 Å². The Morgan fingerprint density at radius 1 is 1.17 bits per heavy atom. The number of hydrogen-bond donors (Lipinski definition) is 3. The first-order chi connectivity index (χ1) is 19.9. The van der Waals surface area contributed by atoms with E-state index >= 15 is 0 Å². The van der Waals surface area contributed by atoms with Gasteiger partial charge in [-0.05, 0) is 31.2 Å². The number of benzene rings is 1. The quantitative estimate of drug-likeness (QED) is 0.324. The third-order valence-corrected chi connectivity index (χ3v) is 6.71. The SMILES string of the molecule is C[C@@H](NC(=O)c1c(N)nn2cccnc12)C1=NC2C=CC=C(C#Cc3cnn(C)c3)C2C(=O)N1Nc1ccccc1. The van der Waals surface area contributed by atoms with Crippen LogP contribution >= 0.6 is 0 Å². The van der Waals surface area contributed by atoms with Crippen LogP contribution in [0.15, 0.2) is 90.0 Å². The largest absolute Gasteiger partial charge is 0.381 e. The van der Waals surface area contributed by atoms with Crippen LogP contribution in [0.3, 0.4) is 0 Å². The summed E-state index contributed by atoms with van der Waals surface area (Å²) in [4.78, 5) is 36.7. The summed E-state index contributed by atoms with van der Waals surface area (Å²) in [5, 5.41) is 12.6. The number of nitrogens with one attached hydrogen (secondary N) is 2. The summed E-state index contributed by atoms with van der Waals surface area (Å²) < 4.78 is 3.11. The van der Waals surface area contributed by atoms with Crippen molar-refractivity contribution in [2.24, 2.45) is 18.0 Å². The van der Waals surface area contributed by atoms with E-state index in [0.717, 1.165) is 5.56 Å². The van der Waals surface area contributed by atoms with E-state index in [1.165, 1.54) is 9.52 Å². The maximum atomic E-state index is 14.1. The minimum Gasteiger partial charge on any atom is -0.381 e. The van der Waals surface area contributed by atoms with Crippen LogP contribution < -0.4 is 16.5 Å². The number of carbonyl (C=O) groups excluding carboxylic acids is 2. The Balaban J connectivity index is 1.33. The Labute approximate surface area is 235 Å². The molecule has 4 aromatic rings. The normalized spacial score (nSPS) is 18.6. The second kappa shape index (κ2) is 10.5. The lowest BCUT2D eigenvalue weighted by Gasteiger charge is -2.38. The highest BCUT2D eigenvalue weighted by atomic mass is 16.2. The van der Waals surface area contributed by atoms with Crippen molar-refractivity contribution in [3.05, 3.63) is 96.1 Å². The number of amides is 2. The molecule has 1 aromatic carbocycles. The summed E-state index contributed by atoms with van der Waals surface area (Å²) in [6, 6.07) is 9.77. The number of aliphatic imine (C=N–C) groups is 1. The van der Waals surface area contributed by atoms with Gasteiger partial charge < -0.3 is 11.1 Å². The molecule has 2 amide bonds. The van der Waals surface area contributed by atoms with Gasteiger partial charge in [-0.15, -0.1) is 5.10 Å². The number of amidine groups is 1. The number of nitrogen functional groups attached to an aromatic ring is 1. The molecule has 1 aliphatic heterocycles. The summed E-state index contributed by atoms with van der Waals surface area (Å²) in [6.07, 6.45) is 12.2. The summed E-state index contributed by atoms with van der Waals surface area (Å²) in [6.45, 7) is 1.75. The van der Waals surface area contributed by atoms with Crippen LogP contribution in [0, 0.1) is 17.8 Å². The minimum absolute atomic E-state index is 0.0478. The first-order valence-corrected chi connectivity index (χ1v) is 12.9. The first-order valence-electron chi connectivity index (χ1n) is 12.9. The number of anilines is 2. The Kier molecular flexibility index (Phi) is 6.52. The molecule has 4 heterocycles. The van der Waals surface area contributed by atoms with Gasteiger partial charge in [-0.3, -0.25) is 24.7 Å². The summed E-state index contributed by atoms with van der Waals surface area (Å²) in [5.41, 5.74) is 11.8. The van der Waals surface area contributed by atoms with Gasteiger partial charge in [-0.2, -0.15) is 5.10 Å². The molecular formula is C29H26N10O2. The van der Waals surface area contributed by atoms with Crippen molar-refractivity contribution in [3.63, 3.8) is 0 Å². The fourth-order valence-electron chi connectivity index (χ4n) is 4.80. The van der Waals surface area contributed by atoms with E-state index in [1.807, 2.05) is 61.8 Å². The molecule has 41 heavy (non-hydrogen) atoms. The number of aromatic nitrogens is 5. The van der Waals surface area contributed by atoms with Crippen molar-refractivity contribution in [3.8, 4) is 11.8 Å². The third kappa shape index (κ3) is 4.92. The first kappa shape index (κ1) is 25.6. The Bertz CT molecular complexity index is 1800. The van der Waals surface area contributed by atoms with E-state index in [4.69, 9.17) is 10.7 Å². The van der Waals surface area contributed by atoms with Crippen molar-refractivity contribution < 1.29 is 9.59 Å². The average molecular weight is 547 g/mol. The molecule has 2 aliphatic rings. The fourth-order valence-corrected chi connectivity index (χ4v) is 4.80. The molecule has 2 unspecified atom stereocenters. The molecule has 0 saturated heterocycles. The number of nitrogens with zero attached hydrogens (tertiary/aromatic N) is 7. The zero-order valence-corrected chi connectivity index (χ0v) is 22.3. The van der Waals surface area contributed by atoms with Gasteiger partial charge in [0.1, 0.15) is 11.4 Å². The molecule has 204 valence electrons. The molecule has 4 N–H and O–H groups in total. The molecule has 12 heteroatoms. The maximum Gasteiger partial charge on any atom is 0.259 e. The number of para-hydroxylation sites is 1. The summed E-state index contributed by atoms with van der Waals surface area (Å²) in [5.74, 6) is 5.24. The van der Waals surface area contributed by atoms with E-state index in [0.29, 0.717) is 22.7 Å². The van der Waals surface area contributed by atoms with Crippen molar-refractivity contribution in [1.29, 1.82) is 0 Å². The van der Waals surface area contributed by atoms with Gasteiger partial charge in [0.2, 0.25) is 0 Å². The number of nitrogens with two attached hydrogens (primary N) is 1. The topological polar surface area (TPSA) is 148 Å². The number of carbonyl (C=O) groups is 2. The molecule has 12 nitrogen and oxygen atoms in total. The zero-order valence-electron chi connectivity index (χ0n) is 22.3. The van der Waals surface area contributed by atoms with Gasteiger partial charge in [0.05, 0.1) is 35.4 Å². The number of hydrogen-bond acceptors (Lipinski definition) is 8. The van der Waals surface area contributed by atoms with Crippen LogP contribution in [0.1, 0.15) is 22.8 Å². The highest BCUT2D eigenvalue weighted by molar-refractivity contribution is 6.10. The van der Waals surface area contributed by atoms with E-state index in [-0.39, 0.29) is 17.3 Å². The van der Waals surface area contributed by atoms with Gasteiger partial charge in [-0.25, -0.2) is 14.5 Å². The molecule has 0 radical (unpaired) electrons. The standard InChI is InChI=1S/C29H26N10O2/c1-18(33-28(40)24-25(30)36-38-15-7-14-31-27(24)38)26-34-22-11-6-8-20(13-12-19-16-32-37(2)17-19)23(22)29(41)39(26)35-21-9-4-3-5-10-21/h3-11,14-18,22-23,35H,1-2H3,(H2,30,36)(H,33,40)/t18-,22?,23?/m1/s1. The molecule has 0 fully saturated rings. The van der Waals surface area contributed by atoms with Gasteiger partial charge in [0.25, 0.3) is 11.8 Å². The lowest BCUT2D eigenvalue weighted by Crippen LogP contribution is -2.58. The lowest BCUT2D eigenvalue weighted by molar-refractivity contribution is -0.130. The van der Waals surface area contributed by atoms with Crippen molar-refractivity contribution in [2.75, 3.05) is 11.2 Å². The number of rotatable bonds is 5. The Hall–Kier alpha value is -5.70. The van der Waals surface area contributed by atoms with Crippen LogP contribution in [-0.2, 0) is 11.8 Å². The molecule has 1 aliphatic carbocycles. The highest BCUT2D eigenvalue weighted by Gasteiger charge is 2.42. The molecule has 3 aromatic heterocycles.